The van der Waals surface area contributed by atoms with Gasteiger partial charge < -0.3 is 9.88 Å². The second-order valence-electron chi connectivity index (χ2n) is 5.82. The fourth-order valence-electron chi connectivity index (χ4n) is 3.00. The number of aromatic nitrogens is 4. The zero-order chi connectivity index (χ0) is 16.6. The summed E-state index contributed by atoms with van der Waals surface area (Å²) < 4.78 is 4.37. The number of rotatable bonds is 3. The molecule has 0 fully saturated rings. The molecule has 0 bridgehead atoms. The zero-order valence-electron chi connectivity index (χ0n) is 13.1. The molecule has 0 spiro atoms. The fraction of sp³-hybridized carbons (Fsp3) is 0.467. The molecule has 0 saturated carbocycles. The van der Waals surface area contributed by atoms with E-state index in [0.29, 0.717) is 12.5 Å². The van der Waals surface area contributed by atoms with Gasteiger partial charge in [0.15, 0.2) is 5.56 Å². The lowest BCUT2D eigenvalue weighted by molar-refractivity contribution is 0.380. The summed E-state index contributed by atoms with van der Waals surface area (Å²) in [5, 5.41) is 12.4. The summed E-state index contributed by atoms with van der Waals surface area (Å²) in [6.45, 7) is 1.43. The highest BCUT2D eigenvalue weighted by Gasteiger charge is 2.20. The van der Waals surface area contributed by atoms with E-state index >= 15 is 0 Å². The number of hydrogen-bond donors (Lipinski definition) is 1. The summed E-state index contributed by atoms with van der Waals surface area (Å²) in [7, 11) is 2.93. The molecule has 1 N–H and O–H groups in total. The van der Waals surface area contributed by atoms with Crippen LogP contribution in [-0.4, -0.2) is 25.2 Å². The van der Waals surface area contributed by atoms with Crippen molar-refractivity contribution in [2.45, 2.75) is 19.4 Å². The molecule has 0 aromatic carbocycles. The Morgan fingerprint density at radius 3 is 2.91 bits per heavy atom. The first-order valence-electron chi connectivity index (χ1n) is 7.47. The molecule has 0 aliphatic carbocycles. The van der Waals surface area contributed by atoms with Crippen LogP contribution < -0.4 is 16.6 Å². The SMILES string of the molecule is Cn1c(NCC2CCc3nccn3C2)c(C#N)c(=O)n(C)c1=O. The highest BCUT2D eigenvalue weighted by molar-refractivity contribution is 5.51. The minimum atomic E-state index is -0.571. The number of nitrogens with one attached hydrogen (secondary N) is 1. The summed E-state index contributed by atoms with van der Waals surface area (Å²) >= 11 is 0. The Morgan fingerprint density at radius 2 is 2.17 bits per heavy atom. The van der Waals surface area contributed by atoms with Gasteiger partial charge in [0.25, 0.3) is 5.56 Å². The normalized spacial score (nSPS) is 16.7. The minimum Gasteiger partial charge on any atom is -0.370 e. The molecule has 0 radical (unpaired) electrons. The van der Waals surface area contributed by atoms with Crippen molar-refractivity contribution in [3.05, 3.63) is 44.6 Å². The zero-order valence-corrected chi connectivity index (χ0v) is 13.1. The average molecular weight is 314 g/mol. The monoisotopic (exact) mass is 314 g/mol. The summed E-state index contributed by atoms with van der Waals surface area (Å²) in [6, 6.07) is 1.90. The van der Waals surface area contributed by atoms with Crippen LogP contribution in [0.2, 0.25) is 0 Å². The molecule has 2 aromatic heterocycles. The third-order valence-corrected chi connectivity index (χ3v) is 4.37. The molecule has 0 saturated heterocycles. The molecule has 23 heavy (non-hydrogen) atoms. The van der Waals surface area contributed by atoms with E-state index in [0.717, 1.165) is 29.8 Å². The van der Waals surface area contributed by atoms with E-state index in [4.69, 9.17) is 0 Å². The summed E-state index contributed by atoms with van der Waals surface area (Å²) in [5.41, 5.74) is -1.05. The first-order valence-corrected chi connectivity index (χ1v) is 7.47. The van der Waals surface area contributed by atoms with Crippen molar-refractivity contribution < 1.29 is 0 Å². The van der Waals surface area contributed by atoms with Gasteiger partial charge in [-0.05, 0) is 12.3 Å². The van der Waals surface area contributed by atoms with Crippen molar-refractivity contribution in [3.63, 3.8) is 0 Å². The Morgan fingerprint density at radius 1 is 1.39 bits per heavy atom. The van der Waals surface area contributed by atoms with E-state index in [9.17, 15) is 14.9 Å². The third kappa shape index (κ3) is 2.54. The molecule has 8 heteroatoms. The van der Waals surface area contributed by atoms with Crippen LogP contribution >= 0.6 is 0 Å². The van der Waals surface area contributed by atoms with Gasteiger partial charge in [0, 0.05) is 46.0 Å². The minimum absolute atomic E-state index is 0.0336. The van der Waals surface area contributed by atoms with Gasteiger partial charge in [-0.2, -0.15) is 5.26 Å². The molecule has 1 aliphatic heterocycles. The largest absolute Gasteiger partial charge is 0.370 e. The molecule has 3 heterocycles. The van der Waals surface area contributed by atoms with Crippen LogP contribution in [0.3, 0.4) is 0 Å². The smallest absolute Gasteiger partial charge is 0.332 e. The van der Waals surface area contributed by atoms with E-state index < -0.39 is 11.2 Å². The topological polar surface area (TPSA) is 97.6 Å². The molecule has 1 atom stereocenters. The summed E-state index contributed by atoms with van der Waals surface area (Å²) in [5.74, 6) is 1.72. The van der Waals surface area contributed by atoms with Gasteiger partial charge in [-0.25, -0.2) is 9.78 Å². The van der Waals surface area contributed by atoms with Crippen LogP contribution in [-0.2, 0) is 27.1 Å². The number of nitrogens with zero attached hydrogens (tertiary/aromatic N) is 5. The van der Waals surface area contributed by atoms with E-state index in [-0.39, 0.29) is 11.4 Å². The van der Waals surface area contributed by atoms with E-state index in [1.165, 1.54) is 11.6 Å². The summed E-state index contributed by atoms with van der Waals surface area (Å²) in [4.78, 5) is 28.4. The molecule has 1 unspecified atom stereocenters. The standard InChI is InChI=1S/C15H18N6O2/c1-19-13(11(7-16)14(22)20(2)15(19)23)18-8-10-3-4-12-17-5-6-21(12)9-10/h5-6,10,18H,3-4,8-9H2,1-2H3. The maximum absolute atomic E-state index is 12.0. The van der Waals surface area contributed by atoms with Crippen molar-refractivity contribution >= 4 is 5.82 Å². The van der Waals surface area contributed by atoms with Gasteiger partial charge in [0.05, 0.1) is 0 Å². The number of nitriles is 1. The molecule has 8 nitrogen and oxygen atoms in total. The van der Waals surface area contributed by atoms with Crippen molar-refractivity contribution in [1.29, 1.82) is 5.26 Å². The molecular formula is C15H18N6O2. The summed E-state index contributed by atoms with van der Waals surface area (Å²) in [6.07, 6.45) is 5.63. The highest BCUT2D eigenvalue weighted by atomic mass is 16.2. The number of imidazole rings is 1. The first-order chi connectivity index (χ1) is 11.0. The van der Waals surface area contributed by atoms with Gasteiger partial charge in [-0.15, -0.1) is 0 Å². The van der Waals surface area contributed by atoms with Crippen LogP contribution in [0, 0.1) is 17.2 Å². The lowest BCUT2D eigenvalue weighted by atomic mass is 9.99. The van der Waals surface area contributed by atoms with Crippen LogP contribution in [0.5, 0.6) is 0 Å². The molecule has 120 valence electrons. The van der Waals surface area contributed by atoms with Gasteiger partial charge in [0.2, 0.25) is 0 Å². The molecule has 3 rings (SSSR count). The van der Waals surface area contributed by atoms with Crippen molar-refractivity contribution in [1.82, 2.24) is 18.7 Å². The van der Waals surface area contributed by atoms with Crippen LogP contribution in [0.4, 0.5) is 5.82 Å². The van der Waals surface area contributed by atoms with Gasteiger partial charge in [0.1, 0.15) is 17.7 Å². The molecule has 2 aromatic rings. The van der Waals surface area contributed by atoms with Crippen molar-refractivity contribution in [3.8, 4) is 6.07 Å². The molecular weight excluding hydrogens is 296 g/mol. The molecule has 1 aliphatic rings. The lowest BCUT2D eigenvalue weighted by Crippen LogP contribution is -2.40. The van der Waals surface area contributed by atoms with Crippen molar-refractivity contribution in [2.75, 3.05) is 11.9 Å². The predicted octanol–water partition coefficient (Wildman–Crippen LogP) is -0.173. The van der Waals surface area contributed by atoms with Gasteiger partial charge in [-0.3, -0.25) is 13.9 Å². The molecule has 0 amide bonds. The van der Waals surface area contributed by atoms with Gasteiger partial charge in [-0.1, -0.05) is 0 Å². The maximum Gasteiger partial charge on any atom is 0.332 e. The Kier molecular flexibility index (Phi) is 3.78. The van der Waals surface area contributed by atoms with Gasteiger partial charge >= 0.3 is 5.69 Å². The Bertz CT molecular complexity index is 898. The van der Waals surface area contributed by atoms with E-state index in [1.807, 2.05) is 12.3 Å². The first kappa shape index (κ1) is 15.1. The fourth-order valence-corrected chi connectivity index (χ4v) is 3.00. The lowest BCUT2D eigenvalue weighted by Gasteiger charge is -2.25. The number of fused-ring (bicyclic) bond motifs is 1. The van der Waals surface area contributed by atoms with Crippen LogP contribution in [0.1, 0.15) is 17.8 Å². The maximum atomic E-state index is 12.0. The Hall–Kier alpha value is -2.82. The number of hydrogen-bond acceptors (Lipinski definition) is 5. The van der Waals surface area contributed by atoms with E-state index in [2.05, 4.69) is 14.9 Å². The highest BCUT2D eigenvalue weighted by Crippen LogP contribution is 2.19. The van der Waals surface area contributed by atoms with E-state index in [1.54, 1.807) is 13.2 Å². The number of anilines is 1. The average Bonchev–Trinajstić information content (AvgIpc) is 3.02. The van der Waals surface area contributed by atoms with Crippen LogP contribution in [0.25, 0.3) is 0 Å². The van der Waals surface area contributed by atoms with Crippen molar-refractivity contribution in [2.24, 2.45) is 20.0 Å². The Labute approximate surface area is 132 Å². The predicted molar refractivity (Wildman–Crippen MR) is 84.2 cm³/mol. The third-order valence-electron chi connectivity index (χ3n) is 4.37. The number of aryl methyl sites for hydroxylation is 1. The second kappa shape index (κ2) is 5.76. The Balaban J connectivity index is 1.83. The quantitative estimate of drug-likeness (QED) is 0.848. The van der Waals surface area contributed by atoms with Crippen LogP contribution in [0.15, 0.2) is 22.0 Å². The second-order valence-corrected chi connectivity index (χ2v) is 5.82.